The van der Waals surface area contributed by atoms with Gasteiger partial charge in [-0.25, -0.2) is 15.0 Å². The molecule has 26 heavy (non-hydrogen) atoms. The van der Waals surface area contributed by atoms with Crippen molar-refractivity contribution in [2.75, 3.05) is 13.2 Å². The average Bonchev–Trinajstić information content (AvgIpc) is 3.17. The minimum absolute atomic E-state index is 0. The van der Waals surface area contributed by atoms with Gasteiger partial charge in [0.25, 0.3) is 0 Å². The molecule has 144 valence electrons. The molecule has 9 heteroatoms. The summed E-state index contributed by atoms with van der Waals surface area (Å²) in [6, 6.07) is 6.21. The van der Waals surface area contributed by atoms with Crippen LogP contribution in [0, 0.1) is 11.8 Å². The van der Waals surface area contributed by atoms with Crippen molar-refractivity contribution in [1.29, 1.82) is 0 Å². The molecule has 3 heterocycles. The number of rotatable bonds is 4. The maximum Gasteiger partial charge on any atom is 3.00 e. The van der Waals surface area contributed by atoms with Gasteiger partial charge < -0.3 is 46.7 Å². The van der Waals surface area contributed by atoms with Gasteiger partial charge in [-0.15, -0.1) is 0 Å². The third-order valence-electron chi connectivity index (χ3n) is 4.07. The van der Waals surface area contributed by atoms with E-state index in [0.29, 0.717) is 36.8 Å². The first-order valence-electron chi connectivity index (χ1n) is 7.93. The largest absolute Gasteiger partial charge is 3.00 e. The second-order valence-corrected chi connectivity index (χ2v) is 6.52. The molecule has 0 saturated heterocycles. The molecule has 3 rings (SSSR count). The Morgan fingerprint density at radius 3 is 1.50 bits per heavy atom. The van der Waals surface area contributed by atoms with Crippen LogP contribution in [0.2, 0.25) is 0 Å². The van der Waals surface area contributed by atoms with E-state index in [1.807, 2.05) is 18.2 Å². The average molecular weight is 459 g/mol. The third-order valence-corrected chi connectivity index (χ3v) is 4.07. The Labute approximate surface area is 186 Å². The van der Waals surface area contributed by atoms with E-state index in [1.165, 1.54) is 0 Å². The van der Waals surface area contributed by atoms with Gasteiger partial charge in [-0.05, 0) is 24.0 Å². The normalized spacial score (nSPS) is 20.5. The summed E-state index contributed by atoms with van der Waals surface area (Å²) < 4.78 is 11.4. The van der Waals surface area contributed by atoms with Gasteiger partial charge in [0.1, 0.15) is 24.6 Å². The van der Waals surface area contributed by atoms with Crippen LogP contribution < -0.4 is 37.2 Å². The van der Waals surface area contributed by atoms with Gasteiger partial charge in [-0.2, -0.15) is 0 Å². The number of aliphatic imine (C=N–C) groups is 2. The molecule has 2 aliphatic heterocycles. The van der Waals surface area contributed by atoms with E-state index >= 15 is 0 Å². The first-order chi connectivity index (χ1) is 10.5. The number of nitrogens with zero attached hydrogens (tertiary/aromatic N) is 3. The predicted octanol–water partition coefficient (Wildman–Crippen LogP) is -6.31. The van der Waals surface area contributed by atoms with E-state index < -0.39 is 0 Å². The van der Waals surface area contributed by atoms with Crippen molar-refractivity contribution in [1.82, 2.24) is 4.98 Å². The predicted molar refractivity (Wildman–Crippen MR) is 86.5 cm³/mol. The number of aromatic nitrogens is 1. The molecule has 0 amide bonds. The second kappa shape index (κ2) is 12.1. The summed E-state index contributed by atoms with van der Waals surface area (Å²) in [5, 5.41) is 0. The molecule has 0 N–H and O–H groups in total. The molecule has 0 fully saturated rings. The molecule has 1 aromatic rings. The molecule has 0 aromatic carbocycles. The summed E-state index contributed by atoms with van der Waals surface area (Å²) in [7, 11) is 0. The molecule has 0 radical (unpaired) electrons. The summed E-state index contributed by atoms with van der Waals surface area (Å²) in [6.07, 6.45) is 0. The van der Waals surface area contributed by atoms with Crippen molar-refractivity contribution in [2.45, 2.75) is 39.8 Å². The fourth-order valence-corrected chi connectivity index (χ4v) is 2.42. The number of hydrogen-bond acceptors (Lipinski definition) is 5. The quantitative estimate of drug-likeness (QED) is 0.451. The van der Waals surface area contributed by atoms with Gasteiger partial charge in [-0.1, -0.05) is 33.8 Å². The minimum Gasteiger partial charge on any atom is -1.00 e. The zero-order valence-electron chi connectivity index (χ0n) is 15.2. The molecule has 0 saturated carbocycles. The Balaban J connectivity index is 0. The van der Waals surface area contributed by atoms with Crippen LogP contribution in [0.4, 0.5) is 0 Å². The Kier molecular flexibility index (Phi) is 12.9. The van der Waals surface area contributed by atoms with Crippen molar-refractivity contribution in [3.63, 3.8) is 0 Å². The summed E-state index contributed by atoms with van der Waals surface area (Å²) in [5.41, 5.74) is 1.50. The molecule has 0 unspecified atom stereocenters. The van der Waals surface area contributed by atoms with Gasteiger partial charge in [0.15, 0.2) is 0 Å². The Morgan fingerprint density at radius 2 is 1.19 bits per heavy atom. The Bertz CT molecular complexity index is 578. The number of ether oxygens (including phenoxy) is 2. The van der Waals surface area contributed by atoms with E-state index in [-0.39, 0.29) is 67.9 Å². The molecule has 5 nitrogen and oxygen atoms in total. The molecule has 2 atom stereocenters. The van der Waals surface area contributed by atoms with E-state index in [9.17, 15) is 0 Å². The fourth-order valence-electron chi connectivity index (χ4n) is 2.42. The van der Waals surface area contributed by atoms with Crippen molar-refractivity contribution < 1.29 is 65.3 Å². The van der Waals surface area contributed by atoms with Crippen molar-refractivity contribution in [2.24, 2.45) is 21.8 Å². The maximum atomic E-state index is 5.70. The molecule has 1 aromatic heterocycles. The van der Waals surface area contributed by atoms with E-state index in [4.69, 9.17) is 9.47 Å². The molecular weight excluding hydrogens is 436 g/mol. The number of hydrogen-bond donors (Lipinski definition) is 0. The van der Waals surface area contributed by atoms with Crippen LogP contribution in [-0.2, 0) is 28.0 Å². The zero-order valence-corrected chi connectivity index (χ0v) is 18.9. The number of pyridine rings is 1. The van der Waals surface area contributed by atoms with Gasteiger partial charge >= 0.3 is 18.6 Å². The second-order valence-electron chi connectivity index (χ2n) is 6.52. The van der Waals surface area contributed by atoms with Gasteiger partial charge in [-0.3, -0.25) is 0 Å². The van der Waals surface area contributed by atoms with Crippen LogP contribution in [0.1, 0.15) is 39.1 Å². The molecule has 2 aliphatic rings. The summed E-state index contributed by atoms with van der Waals surface area (Å²) in [4.78, 5) is 13.9. The van der Waals surface area contributed by atoms with Gasteiger partial charge in [0.2, 0.25) is 11.8 Å². The smallest absolute Gasteiger partial charge is 1.00 e. The van der Waals surface area contributed by atoms with Crippen LogP contribution in [-0.4, -0.2) is 42.1 Å². The summed E-state index contributed by atoms with van der Waals surface area (Å²) in [6.45, 7) is 9.86. The third kappa shape index (κ3) is 6.31. The van der Waals surface area contributed by atoms with Crippen molar-refractivity contribution in [3.8, 4) is 0 Å². The van der Waals surface area contributed by atoms with Gasteiger partial charge in [0, 0.05) is 0 Å². The van der Waals surface area contributed by atoms with Crippen LogP contribution >= 0.6 is 0 Å². The number of halogens is 3. The van der Waals surface area contributed by atoms with Crippen molar-refractivity contribution >= 4 is 11.8 Å². The van der Waals surface area contributed by atoms with Crippen molar-refractivity contribution in [3.05, 3.63) is 29.6 Å². The summed E-state index contributed by atoms with van der Waals surface area (Å²) >= 11 is 0. The maximum absolute atomic E-state index is 5.70. The van der Waals surface area contributed by atoms with E-state index in [2.05, 4.69) is 42.7 Å². The van der Waals surface area contributed by atoms with E-state index in [1.54, 1.807) is 0 Å². The Hall–Kier alpha value is -0.456. The standard InChI is InChI=1S/C17H23N3O2.3ClH.V/c1-10(2)14-8-21-16(19-14)12-6-5-7-13(18-12)17-20-15(9-22-17)11(3)4;;;;/h5-7,10-11,14-15H,8-9H2,1-4H3;3*1H;/q;;;;+3/p-3/t14-,15-;;;;/m1..../s1. The topological polar surface area (TPSA) is 56.1 Å². The Morgan fingerprint density at radius 1 is 0.808 bits per heavy atom. The molecule has 0 aliphatic carbocycles. The molecule has 0 bridgehead atoms. The first kappa shape index (κ1) is 27.8. The minimum atomic E-state index is 0. The first-order valence-corrected chi connectivity index (χ1v) is 7.93. The molecule has 0 spiro atoms. The van der Waals surface area contributed by atoms with Crippen LogP contribution in [0.5, 0.6) is 0 Å². The molecular formula is C17H23Cl3N3O2V. The zero-order chi connectivity index (χ0) is 15.7. The SMILES string of the molecule is CC(C)[C@H]1COC(c2cccc(C3=N[C@@H](C(C)C)CO3)n2)=N1.[Cl-].[Cl-].[Cl-].[V+3]. The monoisotopic (exact) mass is 457 g/mol. The van der Waals surface area contributed by atoms with E-state index in [0.717, 1.165) is 11.4 Å². The van der Waals surface area contributed by atoms with Crippen LogP contribution in [0.3, 0.4) is 0 Å². The summed E-state index contributed by atoms with van der Waals surface area (Å²) in [5.74, 6) is 2.18. The van der Waals surface area contributed by atoms with Crippen LogP contribution in [0.15, 0.2) is 28.2 Å². The van der Waals surface area contributed by atoms with Gasteiger partial charge in [0.05, 0.1) is 12.1 Å². The fraction of sp³-hybridized carbons (Fsp3) is 0.588. The van der Waals surface area contributed by atoms with Crippen LogP contribution in [0.25, 0.3) is 0 Å².